The van der Waals surface area contributed by atoms with Crippen molar-refractivity contribution in [3.63, 3.8) is 0 Å². The molecule has 0 spiro atoms. The lowest BCUT2D eigenvalue weighted by atomic mass is 9.90. The van der Waals surface area contributed by atoms with Crippen LogP contribution in [0.3, 0.4) is 0 Å². The largest absolute Gasteiger partial charge is 0.496 e. The molecule has 0 bridgehead atoms. The van der Waals surface area contributed by atoms with Crippen LogP contribution in [0, 0.1) is 5.92 Å². The van der Waals surface area contributed by atoms with Crippen molar-refractivity contribution in [3.05, 3.63) is 22.2 Å². The highest BCUT2D eigenvalue weighted by Crippen LogP contribution is 2.34. The molecule has 0 saturated carbocycles. The summed E-state index contributed by atoms with van der Waals surface area (Å²) in [4.78, 5) is 12.6. The van der Waals surface area contributed by atoms with Gasteiger partial charge in [0, 0.05) is 12.5 Å². The summed E-state index contributed by atoms with van der Waals surface area (Å²) in [5.74, 6) is 1.37. The molecule has 1 aliphatic heterocycles. The van der Waals surface area contributed by atoms with Gasteiger partial charge in [0.2, 0.25) is 0 Å². The summed E-state index contributed by atoms with van der Waals surface area (Å²) < 4.78 is 11.3. The van der Waals surface area contributed by atoms with Gasteiger partial charge in [-0.3, -0.25) is 4.79 Å². The zero-order chi connectivity index (χ0) is 13.8. The fourth-order valence-corrected chi connectivity index (χ4v) is 2.83. The number of rotatable bonds is 4. The van der Waals surface area contributed by atoms with Crippen molar-refractivity contribution >= 4 is 21.7 Å². The van der Waals surface area contributed by atoms with E-state index in [1.165, 1.54) is 0 Å². The summed E-state index contributed by atoms with van der Waals surface area (Å²) in [5, 5.41) is 3.26. The van der Waals surface area contributed by atoms with E-state index < -0.39 is 0 Å². The minimum Gasteiger partial charge on any atom is -0.496 e. The van der Waals surface area contributed by atoms with Gasteiger partial charge >= 0.3 is 0 Å². The third-order valence-electron chi connectivity index (χ3n) is 3.41. The number of hydrogen-bond acceptors (Lipinski definition) is 4. The van der Waals surface area contributed by atoms with Gasteiger partial charge < -0.3 is 14.8 Å². The lowest BCUT2D eigenvalue weighted by molar-refractivity contribution is 0.0896. The SMILES string of the molecule is COc1cc(C(=O)C2CCCNC2)c(OC)cc1Br. The van der Waals surface area contributed by atoms with E-state index in [1.54, 1.807) is 26.4 Å². The highest BCUT2D eigenvalue weighted by molar-refractivity contribution is 9.10. The molecule has 104 valence electrons. The van der Waals surface area contributed by atoms with Crippen molar-refractivity contribution in [2.45, 2.75) is 12.8 Å². The first-order valence-corrected chi connectivity index (χ1v) is 7.13. The molecule has 1 unspecified atom stereocenters. The van der Waals surface area contributed by atoms with Gasteiger partial charge in [-0.15, -0.1) is 0 Å². The Labute approximate surface area is 121 Å². The molecule has 4 nitrogen and oxygen atoms in total. The Morgan fingerprint density at radius 3 is 2.63 bits per heavy atom. The van der Waals surface area contributed by atoms with E-state index in [4.69, 9.17) is 9.47 Å². The van der Waals surface area contributed by atoms with E-state index in [9.17, 15) is 4.79 Å². The van der Waals surface area contributed by atoms with E-state index in [0.29, 0.717) is 17.1 Å². The van der Waals surface area contributed by atoms with Gasteiger partial charge in [0.15, 0.2) is 5.78 Å². The lowest BCUT2D eigenvalue weighted by Crippen LogP contribution is -2.34. The topological polar surface area (TPSA) is 47.6 Å². The Bertz CT molecular complexity index is 470. The average molecular weight is 328 g/mol. The second kappa shape index (κ2) is 6.39. The monoisotopic (exact) mass is 327 g/mol. The molecule has 1 atom stereocenters. The van der Waals surface area contributed by atoms with Crippen molar-refractivity contribution < 1.29 is 14.3 Å². The van der Waals surface area contributed by atoms with Crippen LogP contribution in [0.15, 0.2) is 16.6 Å². The molecule has 1 aromatic carbocycles. The van der Waals surface area contributed by atoms with Crippen LogP contribution in [-0.2, 0) is 0 Å². The molecular formula is C14H18BrNO3. The maximum atomic E-state index is 12.6. The molecule has 1 aromatic rings. The number of carbonyl (C=O) groups excluding carboxylic acids is 1. The third-order valence-corrected chi connectivity index (χ3v) is 4.03. The predicted octanol–water partition coefficient (Wildman–Crippen LogP) is 2.65. The molecular weight excluding hydrogens is 310 g/mol. The highest BCUT2D eigenvalue weighted by Gasteiger charge is 2.25. The summed E-state index contributed by atoms with van der Waals surface area (Å²) in [6.45, 7) is 1.73. The van der Waals surface area contributed by atoms with Gasteiger partial charge in [0.05, 0.1) is 24.3 Å². The van der Waals surface area contributed by atoms with Crippen LogP contribution in [0.5, 0.6) is 11.5 Å². The third kappa shape index (κ3) is 3.09. The summed E-state index contributed by atoms with van der Waals surface area (Å²) in [5.41, 5.74) is 0.594. The van der Waals surface area contributed by atoms with Crippen LogP contribution in [0.25, 0.3) is 0 Å². The number of carbonyl (C=O) groups is 1. The Morgan fingerprint density at radius 2 is 2.05 bits per heavy atom. The predicted molar refractivity (Wildman–Crippen MR) is 77.2 cm³/mol. The average Bonchev–Trinajstić information content (AvgIpc) is 2.47. The standard InChI is InChI=1S/C14H18BrNO3/c1-18-12-7-11(15)13(19-2)6-10(12)14(17)9-4-3-5-16-8-9/h6-7,9,16H,3-5,8H2,1-2H3. The second-order valence-electron chi connectivity index (χ2n) is 4.59. The van der Waals surface area contributed by atoms with Gasteiger partial charge in [0.1, 0.15) is 11.5 Å². The minimum atomic E-state index is 0.0218. The van der Waals surface area contributed by atoms with Crippen molar-refractivity contribution in [2.24, 2.45) is 5.92 Å². The van der Waals surface area contributed by atoms with Crippen molar-refractivity contribution in [1.29, 1.82) is 0 Å². The van der Waals surface area contributed by atoms with Crippen LogP contribution in [0.2, 0.25) is 0 Å². The van der Waals surface area contributed by atoms with Crippen LogP contribution < -0.4 is 14.8 Å². The van der Waals surface area contributed by atoms with Crippen molar-refractivity contribution in [3.8, 4) is 11.5 Å². The number of piperidine rings is 1. The summed E-state index contributed by atoms with van der Waals surface area (Å²) in [7, 11) is 3.16. The molecule has 1 saturated heterocycles. The maximum absolute atomic E-state index is 12.6. The molecule has 2 rings (SSSR count). The van der Waals surface area contributed by atoms with Crippen molar-refractivity contribution in [1.82, 2.24) is 5.32 Å². The molecule has 0 aromatic heterocycles. The van der Waals surface area contributed by atoms with E-state index in [-0.39, 0.29) is 11.7 Å². The van der Waals surface area contributed by atoms with E-state index >= 15 is 0 Å². The van der Waals surface area contributed by atoms with Gasteiger partial charge in [-0.25, -0.2) is 0 Å². The minimum absolute atomic E-state index is 0.0218. The van der Waals surface area contributed by atoms with Crippen LogP contribution in [0.1, 0.15) is 23.2 Å². The molecule has 1 N–H and O–H groups in total. The zero-order valence-corrected chi connectivity index (χ0v) is 12.7. The van der Waals surface area contributed by atoms with Crippen LogP contribution >= 0.6 is 15.9 Å². The van der Waals surface area contributed by atoms with E-state index in [0.717, 1.165) is 30.4 Å². The number of nitrogens with one attached hydrogen (secondary N) is 1. The Kier molecular flexibility index (Phi) is 4.82. The van der Waals surface area contributed by atoms with Gasteiger partial charge in [-0.1, -0.05) is 0 Å². The first-order valence-electron chi connectivity index (χ1n) is 6.33. The highest BCUT2D eigenvalue weighted by atomic mass is 79.9. The fourth-order valence-electron chi connectivity index (χ4n) is 2.35. The van der Waals surface area contributed by atoms with Crippen LogP contribution in [-0.4, -0.2) is 33.1 Å². The number of methoxy groups -OCH3 is 2. The fraction of sp³-hybridized carbons (Fsp3) is 0.500. The smallest absolute Gasteiger partial charge is 0.171 e. The lowest BCUT2D eigenvalue weighted by Gasteiger charge is -2.22. The summed E-state index contributed by atoms with van der Waals surface area (Å²) in [6, 6.07) is 3.53. The first-order chi connectivity index (χ1) is 9.17. The summed E-state index contributed by atoms with van der Waals surface area (Å²) in [6.07, 6.45) is 1.96. The Morgan fingerprint density at radius 1 is 1.32 bits per heavy atom. The zero-order valence-electron chi connectivity index (χ0n) is 11.2. The summed E-state index contributed by atoms with van der Waals surface area (Å²) >= 11 is 3.40. The molecule has 5 heteroatoms. The second-order valence-corrected chi connectivity index (χ2v) is 5.45. The maximum Gasteiger partial charge on any atom is 0.171 e. The number of ether oxygens (including phenoxy) is 2. The molecule has 1 heterocycles. The quantitative estimate of drug-likeness (QED) is 0.864. The normalized spacial score (nSPS) is 19.0. The van der Waals surface area contributed by atoms with Gasteiger partial charge in [-0.05, 0) is 47.4 Å². The molecule has 0 amide bonds. The number of Topliss-reactive ketones (excluding diaryl/α,β-unsaturated/α-hetero) is 1. The number of hydrogen-bond donors (Lipinski definition) is 1. The van der Waals surface area contributed by atoms with E-state index in [2.05, 4.69) is 21.2 Å². The number of ketones is 1. The van der Waals surface area contributed by atoms with E-state index in [1.807, 2.05) is 0 Å². The molecule has 0 aliphatic carbocycles. The van der Waals surface area contributed by atoms with Gasteiger partial charge in [0.25, 0.3) is 0 Å². The van der Waals surface area contributed by atoms with Crippen LogP contribution in [0.4, 0.5) is 0 Å². The molecule has 1 aliphatic rings. The first kappa shape index (κ1) is 14.3. The van der Waals surface area contributed by atoms with Gasteiger partial charge in [-0.2, -0.15) is 0 Å². The van der Waals surface area contributed by atoms with Crippen molar-refractivity contribution in [2.75, 3.05) is 27.3 Å². The molecule has 0 radical (unpaired) electrons. The molecule has 19 heavy (non-hydrogen) atoms. The Balaban J connectivity index is 2.33. The molecule has 1 fully saturated rings. The number of halogens is 1. The number of benzene rings is 1. The Hall–Kier alpha value is -1.07.